The lowest BCUT2D eigenvalue weighted by Crippen LogP contribution is -2.13. The Labute approximate surface area is 176 Å². The third-order valence-electron chi connectivity index (χ3n) is 4.10. The summed E-state index contributed by atoms with van der Waals surface area (Å²) >= 11 is 10.3. The van der Waals surface area contributed by atoms with E-state index in [0.29, 0.717) is 0 Å². The second-order valence-electron chi connectivity index (χ2n) is 6.07. The molecule has 0 atom stereocenters. The summed E-state index contributed by atoms with van der Waals surface area (Å²) in [5, 5.41) is -5.93. The minimum atomic E-state index is -5.56. The van der Waals surface area contributed by atoms with Crippen LogP contribution in [0.3, 0.4) is 0 Å². The summed E-state index contributed by atoms with van der Waals surface area (Å²) in [6.07, 6.45) is -22.1. The SMILES string of the molecule is FC(F)(F)c1cc2c(sc3c(C(F)(F)F)c(Cl)c(C(F)(F)F)cc32)c(C(F)(F)F)c1Cl. The number of thiophene rings is 1. The highest BCUT2D eigenvalue weighted by Gasteiger charge is 2.46. The van der Waals surface area contributed by atoms with E-state index in [-0.39, 0.29) is 23.5 Å². The molecule has 0 aliphatic rings. The molecule has 0 unspecified atom stereocenters. The van der Waals surface area contributed by atoms with Crippen LogP contribution in [0.1, 0.15) is 22.3 Å². The summed E-state index contributed by atoms with van der Waals surface area (Å²) in [7, 11) is 0. The van der Waals surface area contributed by atoms with E-state index in [0.717, 1.165) is 0 Å². The van der Waals surface area contributed by atoms with E-state index in [9.17, 15) is 52.7 Å². The van der Waals surface area contributed by atoms with E-state index < -0.39 is 77.2 Å². The molecule has 3 aromatic rings. The molecule has 0 spiro atoms. The Balaban J connectivity index is 2.69. The molecule has 0 N–H and O–H groups in total. The zero-order valence-corrected chi connectivity index (χ0v) is 16.2. The minimum absolute atomic E-state index is 0.0139. The topological polar surface area (TPSA) is 0 Å². The molecule has 0 fully saturated rings. The molecule has 0 radical (unpaired) electrons. The van der Waals surface area contributed by atoms with Crippen molar-refractivity contribution in [1.29, 1.82) is 0 Å². The van der Waals surface area contributed by atoms with Gasteiger partial charge in [-0.2, -0.15) is 52.7 Å². The highest BCUT2D eigenvalue weighted by molar-refractivity contribution is 7.26. The third-order valence-corrected chi connectivity index (χ3v) is 6.15. The molecule has 31 heavy (non-hydrogen) atoms. The summed E-state index contributed by atoms with van der Waals surface area (Å²) in [6.45, 7) is 0. The lowest BCUT2D eigenvalue weighted by molar-refractivity contribution is -0.143. The maximum absolute atomic E-state index is 13.5. The maximum Gasteiger partial charge on any atom is 0.419 e. The van der Waals surface area contributed by atoms with Crippen molar-refractivity contribution in [3.63, 3.8) is 0 Å². The van der Waals surface area contributed by atoms with Gasteiger partial charge in [0, 0.05) is 20.2 Å². The van der Waals surface area contributed by atoms with Gasteiger partial charge in [-0.25, -0.2) is 0 Å². The van der Waals surface area contributed by atoms with Crippen LogP contribution < -0.4 is 0 Å². The van der Waals surface area contributed by atoms with Gasteiger partial charge in [0.15, 0.2) is 0 Å². The summed E-state index contributed by atoms with van der Waals surface area (Å²) in [6, 6.07) is -0.0279. The first-order valence-electron chi connectivity index (χ1n) is 7.46. The monoisotopic (exact) mass is 524 g/mol. The second kappa shape index (κ2) is 6.95. The minimum Gasteiger partial charge on any atom is -0.166 e. The predicted octanol–water partition coefficient (Wildman–Crippen LogP) is 9.44. The fourth-order valence-corrected chi connectivity index (χ4v) is 5.16. The molecule has 15 heteroatoms. The summed E-state index contributed by atoms with van der Waals surface area (Å²) in [5.74, 6) is 0. The zero-order valence-electron chi connectivity index (χ0n) is 13.9. The lowest BCUT2D eigenvalue weighted by atomic mass is 10.00. The van der Waals surface area contributed by atoms with Gasteiger partial charge >= 0.3 is 24.7 Å². The van der Waals surface area contributed by atoms with Gasteiger partial charge in [0.2, 0.25) is 0 Å². The number of hydrogen-bond acceptors (Lipinski definition) is 1. The van der Waals surface area contributed by atoms with E-state index in [1.54, 1.807) is 0 Å². The number of benzene rings is 2. The standard InChI is InChI=1S/C16H2Cl2F12S/c17-9-5(13(19,20)21)1-3-4-2-6(14(22,23)24)10(18)8(16(28,29)30)12(4)31-11(3)7(9)15(25,26)27/h1-2H. The Hall–Kier alpha value is -1.60. The van der Waals surface area contributed by atoms with Crippen molar-refractivity contribution in [2.45, 2.75) is 24.7 Å². The first-order chi connectivity index (χ1) is 13.8. The predicted molar refractivity (Wildman–Crippen MR) is 89.4 cm³/mol. The van der Waals surface area contributed by atoms with Gasteiger partial charge in [-0.05, 0) is 12.1 Å². The normalized spacial score (nSPS) is 14.1. The Bertz CT molecular complexity index is 1100. The van der Waals surface area contributed by atoms with Crippen molar-refractivity contribution >= 4 is 54.7 Å². The Morgan fingerprint density at radius 1 is 0.516 bits per heavy atom. The molecule has 0 saturated heterocycles. The second-order valence-corrected chi connectivity index (χ2v) is 7.85. The van der Waals surface area contributed by atoms with E-state index >= 15 is 0 Å². The fraction of sp³-hybridized carbons (Fsp3) is 0.250. The van der Waals surface area contributed by atoms with Crippen LogP contribution in [0.5, 0.6) is 0 Å². The number of fused-ring (bicyclic) bond motifs is 3. The maximum atomic E-state index is 13.5. The molecule has 1 heterocycles. The van der Waals surface area contributed by atoms with Crippen molar-refractivity contribution in [3.8, 4) is 0 Å². The molecule has 0 amide bonds. The van der Waals surface area contributed by atoms with Crippen LogP contribution >= 0.6 is 34.5 Å². The third kappa shape index (κ3) is 3.99. The van der Waals surface area contributed by atoms with E-state index in [4.69, 9.17) is 23.2 Å². The lowest BCUT2D eigenvalue weighted by Gasteiger charge is -2.16. The molecule has 0 aliphatic heterocycles. The number of rotatable bonds is 0. The number of alkyl halides is 12. The highest BCUT2D eigenvalue weighted by Crippen LogP contribution is 2.54. The van der Waals surface area contributed by atoms with Gasteiger partial charge in [0.25, 0.3) is 0 Å². The average Bonchev–Trinajstić information content (AvgIpc) is 2.85. The summed E-state index contributed by atoms with van der Waals surface area (Å²) in [5.41, 5.74) is -8.35. The largest absolute Gasteiger partial charge is 0.419 e. The van der Waals surface area contributed by atoms with Gasteiger partial charge in [-0.15, -0.1) is 11.3 Å². The summed E-state index contributed by atoms with van der Waals surface area (Å²) in [4.78, 5) is 0. The zero-order chi connectivity index (χ0) is 23.9. The van der Waals surface area contributed by atoms with Crippen LogP contribution in [0.25, 0.3) is 20.2 Å². The van der Waals surface area contributed by atoms with Crippen LogP contribution in [0.2, 0.25) is 10.0 Å². The Morgan fingerprint density at radius 3 is 1.03 bits per heavy atom. The van der Waals surface area contributed by atoms with Crippen molar-refractivity contribution in [1.82, 2.24) is 0 Å². The van der Waals surface area contributed by atoms with Gasteiger partial charge in [0.1, 0.15) is 0 Å². The van der Waals surface area contributed by atoms with Crippen molar-refractivity contribution < 1.29 is 52.7 Å². The molecule has 170 valence electrons. The van der Waals surface area contributed by atoms with E-state index in [1.165, 1.54) is 0 Å². The van der Waals surface area contributed by atoms with Gasteiger partial charge in [0.05, 0.1) is 32.3 Å². The van der Waals surface area contributed by atoms with Crippen LogP contribution in [0.15, 0.2) is 12.1 Å². The van der Waals surface area contributed by atoms with Gasteiger partial charge < -0.3 is 0 Å². The van der Waals surface area contributed by atoms with Crippen molar-refractivity contribution in [2.75, 3.05) is 0 Å². The first kappa shape index (κ1) is 24.1. The quantitative estimate of drug-likeness (QED) is 0.257. The Kier molecular flexibility index (Phi) is 5.39. The molecule has 3 rings (SSSR count). The molecular formula is C16H2Cl2F12S. The van der Waals surface area contributed by atoms with Crippen LogP contribution in [0, 0.1) is 0 Å². The molecule has 0 saturated carbocycles. The Morgan fingerprint density at radius 2 is 0.806 bits per heavy atom. The smallest absolute Gasteiger partial charge is 0.166 e. The highest BCUT2D eigenvalue weighted by atomic mass is 35.5. The fourth-order valence-electron chi connectivity index (χ4n) is 2.92. The molecule has 1 aromatic heterocycles. The van der Waals surface area contributed by atoms with Crippen LogP contribution in [0.4, 0.5) is 52.7 Å². The van der Waals surface area contributed by atoms with Gasteiger partial charge in [-0.3, -0.25) is 0 Å². The molecular weight excluding hydrogens is 523 g/mol. The molecule has 0 aliphatic carbocycles. The van der Waals surface area contributed by atoms with E-state index in [2.05, 4.69) is 0 Å². The molecule has 0 bridgehead atoms. The number of halogens is 14. The van der Waals surface area contributed by atoms with Gasteiger partial charge in [-0.1, -0.05) is 23.2 Å². The number of hydrogen-bond donors (Lipinski definition) is 0. The molecule has 0 nitrogen and oxygen atoms in total. The first-order valence-corrected chi connectivity index (χ1v) is 9.03. The molecule has 2 aromatic carbocycles. The van der Waals surface area contributed by atoms with Crippen LogP contribution in [-0.4, -0.2) is 0 Å². The summed E-state index contributed by atoms with van der Waals surface area (Å²) < 4.78 is 158. The van der Waals surface area contributed by atoms with Crippen molar-refractivity contribution in [2.24, 2.45) is 0 Å². The average molecular weight is 525 g/mol. The van der Waals surface area contributed by atoms with E-state index in [1.807, 2.05) is 0 Å². The van der Waals surface area contributed by atoms with Crippen LogP contribution in [-0.2, 0) is 24.7 Å². The van der Waals surface area contributed by atoms with Crippen molar-refractivity contribution in [3.05, 3.63) is 44.4 Å².